The van der Waals surface area contributed by atoms with Gasteiger partial charge in [-0.05, 0) is 37.4 Å². The van der Waals surface area contributed by atoms with Gasteiger partial charge in [-0.1, -0.05) is 13.3 Å². The van der Waals surface area contributed by atoms with E-state index in [1.165, 1.54) is 43.6 Å². The average molecular weight is 255 g/mol. The van der Waals surface area contributed by atoms with Crippen LogP contribution in [-0.2, 0) is 0 Å². The predicted octanol–water partition coefficient (Wildman–Crippen LogP) is 2.24. The van der Waals surface area contributed by atoms with Gasteiger partial charge in [0.2, 0.25) is 0 Å². The molecule has 17 heavy (non-hydrogen) atoms. The van der Waals surface area contributed by atoms with Gasteiger partial charge in [0.1, 0.15) is 0 Å². The van der Waals surface area contributed by atoms with Gasteiger partial charge < -0.3 is 10.6 Å². The number of aliphatic imine (C=N–C) groups is 1. The molecule has 2 N–H and O–H groups in total. The van der Waals surface area contributed by atoms with Crippen molar-refractivity contribution in [2.45, 2.75) is 51.1 Å². The molecule has 0 aromatic rings. The molecule has 3 nitrogen and oxygen atoms in total. The van der Waals surface area contributed by atoms with Crippen LogP contribution in [0.5, 0.6) is 0 Å². The molecule has 2 aliphatic rings. The molecule has 0 radical (unpaired) electrons. The highest BCUT2D eigenvalue weighted by Gasteiger charge is 2.36. The highest BCUT2D eigenvalue weighted by atomic mass is 32.2. The summed E-state index contributed by atoms with van der Waals surface area (Å²) in [6, 6.07) is 1.29. The molecule has 1 saturated carbocycles. The first-order chi connectivity index (χ1) is 8.33. The summed E-state index contributed by atoms with van der Waals surface area (Å²) in [7, 11) is 1.88. The Morgan fingerprint density at radius 3 is 2.94 bits per heavy atom. The van der Waals surface area contributed by atoms with Gasteiger partial charge in [0.15, 0.2) is 5.96 Å². The zero-order valence-corrected chi connectivity index (χ0v) is 11.9. The molecule has 2 fully saturated rings. The minimum Gasteiger partial charge on any atom is -0.353 e. The van der Waals surface area contributed by atoms with E-state index in [1.807, 2.05) is 7.05 Å². The monoisotopic (exact) mass is 255 g/mol. The van der Waals surface area contributed by atoms with Crippen molar-refractivity contribution in [2.24, 2.45) is 10.9 Å². The quantitative estimate of drug-likeness (QED) is 0.597. The number of nitrogens with zero attached hydrogens (tertiary/aromatic N) is 1. The van der Waals surface area contributed by atoms with E-state index in [9.17, 15) is 0 Å². The molecular weight excluding hydrogens is 230 g/mol. The molecule has 1 saturated heterocycles. The second kappa shape index (κ2) is 6.53. The summed E-state index contributed by atoms with van der Waals surface area (Å²) in [5.74, 6) is 4.45. The Bertz CT molecular complexity index is 261. The number of hydrogen-bond acceptors (Lipinski definition) is 2. The van der Waals surface area contributed by atoms with E-state index in [4.69, 9.17) is 0 Å². The van der Waals surface area contributed by atoms with Gasteiger partial charge in [0, 0.05) is 24.9 Å². The molecule has 0 bridgehead atoms. The maximum absolute atomic E-state index is 4.34. The topological polar surface area (TPSA) is 36.4 Å². The SMILES string of the molecule is CCCC1CC1NC(=NC)NC1CCCSC1. The third-order valence-electron chi connectivity index (χ3n) is 3.63. The van der Waals surface area contributed by atoms with Gasteiger partial charge in [-0.2, -0.15) is 11.8 Å². The Balaban J connectivity index is 1.70. The lowest BCUT2D eigenvalue weighted by Crippen LogP contribution is -2.46. The highest BCUT2D eigenvalue weighted by Crippen LogP contribution is 2.34. The smallest absolute Gasteiger partial charge is 0.191 e. The first-order valence-corrected chi connectivity index (χ1v) is 8.06. The summed E-state index contributed by atoms with van der Waals surface area (Å²) in [5, 5.41) is 7.11. The van der Waals surface area contributed by atoms with E-state index in [2.05, 4.69) is 34.3 Å². The number of guanidine groups is 1. The Morgan fingerprint density at radius 1 is 1.41 bits per heavy atom. The zero-order chi connectivity index (χ0) is 12.1. The van der Waals surface area contributed by atoms with Crippen LogP contribution in [0.15, 0.2) is 4.99 Å². The molecule has 2 rings (SSSR count). The molecule has 1 heterocycles. The van der Waals surface area contributed by atoms with E-state index in [0.717, 1.165) is 11.9 Å². The maximum Gasteiger partial charge on any atom is 0.191 e. The lowest BCUT2D eigenvalue weighted by Gasteiger charge is -2.24. The molecule has 3 atom stereocenters. The van der Waals surface area contributed by atoms with E-state index in [0.29, 0.717) is 12.1 Å². The minimum absolute atomic E-state index is 0.614. The van der Waals surface area contributed by atoms with E-state index in [1.54, 1.807) is 0 Å². The Morgan fingerprint density at radius 2 is 2.29 bits per heavy atom. The molecule has 4 heteroatoms. The molecule has 1 aliphatic carbocycles. The van der Waals surface area contributed by atoms with Gasteiger partial charge in [0.25, 0.3) is 0 Å². The van der Waals surface area contributed by atoms with Crippen LogP contribution in [0.4, 0.5) is 0 Å². The molecule has 3 unspecified atom stereocenters. The van der Waals surface area contributed by atoms with Gasteiger partial charge in [-0.3, -0.25) is 4.99 Å². The van der Waals surface area contributed by atoms with E-state index < -0.39 is 0 Å². The Labute approximate surface area is 109 Å². The van der Waals surface area contributed by atoms with Crippen LogP contribution in [0.25, 0.3) is 0 Å². The van der Waals surface area contributed by atoms with Crippen LogP contribution in [-0.4, -0.2) is 36.6 Å². The fourth-order valence-corrected chi connectivity index (χ4v) is 3.58. The molecule has 0 amide bonds. The number of nitrogens with one attached hydrogen (secondary N) is 2. The molecule has 1 aliphatic heterocycles. The van der Waals surface area contributed by atoms with Crippen LogP contribution in [0.3, 0.4) is 0 Å². The number of thioether (sulfide) groups is 1. The standard InChI is InChI=1S/C13H25N3S/c1-3-5-10-8-12(10)16-13(14-2)15-11-6-4-7-17-9-11/h10-12H,3-9H2,1-2H3,(H2,14,15,16). The van der Waals surface area contributed by atoms with Crippen LogP contribution in [0, 0.1) is 5.92 Å². The molecular formula is C13H25N3S. The highest BCUT2D eigenvalue weighted by molar-refractivity contribution is 7.99. The predicted molar refractivity (Wildman–Crippen MR) is 76.8 cm³/mol. The van der Waals surface area contributed by atoms with Crippen LogP contribution in [0.1, 0.15) is 39.0 Å². The summed E-state index contributed by atoms with van der Waals surface area (Å²) in [4.78, 5) is 4.34. The molecule has 0 aromatic heterocycles. The third-order valence-corrected chi connectivity index (χ3v) is 4.84. The van der Waals surface area contributed by atoms with Crippen molar-refractivity contribution in [2.75, 3.05) is 18.6 Å². The number of rotatable bonds is 4. The van der Waals surface area contributed by atoms with Crippen molar-refractivity contribution in [3.8, 4) is 0 Å². The van der Waals surface area contributed by atoms with Gasteiger partial charge in [-0.25, -0.2) is 0 Å². The lowest BCUT2D eigenvalue weighted by molar-refractivity contribution is 0.576. The molecule has 0 spiro atoms. The first-order valence-electron chi connectivity index (χ1n) is 6.91. The van der Waals surface area contributed by atoms with Crippen molar-refractivity contribution >= 4 is 17.7 Å². The summed E-state index contributed by atoms with van der Waals surface area (Å²) in [6.45, 7) is 2.27. The molecule has 98 valence electrons. The summed E-state index contributed by atoms with van der Waals surface area (Å²) in [5.41, 5.74) is 0. The summed E-state index contributed by atoms with van der Waals surface area (Å²) < 4.78 is 0. The fraction of sp³-hybridized carbons (Fsp3) is 0.923. The van der Waals surface area contributed by atoms with Gasteiger partial charge >= 0.3 is 0 Å². The minimum atomic E-state index is 0.614. The van der Waals surface area contributed by atoms with Crippen molar-refractivity contribution in [1.82, 2.24) is 10.6 Å². The van der Waals surface area contributed by atoms with E-state index in [-0.39, 0.29) is 0 Å². The normalized spacial score (nSPS) is 33.3. The number of hydrogen-bond donors (Lipinski definition) is 2. The first kappa shape index (κ1) is 13.1. The zero-order valence-electron chi connectivity index (χ0n) is 11.0. The lowest BCUT2D eigenvalue weighted by atomic mass is 10.2. The summed E-state index contributed by atoms with van der Waals surface area (Å²) >= 11 is 2.05. The van der Waals surface area contributed by atoms with Gasteiger partial charge in [-0.15, -0.1) is 0 Å². The average Bonchev–Trinajstić information content (AvgIpc) is 3.08. The van der Waals surface area contributed by atoms with E-state index >= 15 is 0 Å². The van der Waals surface area contributed by atoms with Crippen LogP contribution >= 0.6 is 11.8 Å². The summed E-state index contributed by atoms with van der Waals surface area (Å²) in [6.07, 6.45) is 6.61. The van der Waals surface area contributed by atoms with Crippen molar-refractivity contribution < 1.29 is 0 Å². The van der Waals surface area contributed by atoms with Crippen LogP contribution < -0.4 is 10.6 Å². The second-order valence-electron chi connectivity index (χ2n) is 5.17. The largest absolute Gasteiger partial charge is 0.353 e. The second-order valence-corrected chi connectivity index (χ2v) is 6.32. The van der Waals surface area contributed by atoms with Crippen LogP contribution in [0.2, 0.25) is 0 Å². The van der Waals surface area contributed by atoms with Crippen molar-refractivity contribution in [3.63, 3.8) is 0 Å². The Hall–Kier alpha value is -0.380. The maximum atomic E-state index is 4.34. The molecule has 0 aromatic carbocycles. The fourth-order valence-electron chi connectivity index (χ4n) is 2.51. The van der Waals surface area contributed by atoms with Gasteiger partial charge in [0.05, 0.1) is 0 Å². The van der Waals surface area contributed by atoms with Crippen molar-refractivity contribution in [1.29, 1.82) is 0 Å². The Kier molecular flexibility index (Phi) is 5.01. The third kappa shape index (κ3) is 4.09. The van der Waals surface area contributed by atoms with Crippen molar-refractivity contribution in [3.05, 3.63) is 0 Å².